The number of nitrogens with zero attached hydrogens (tertiary/aromatic N) is 2. The van der Waals surface area contributed by atoms with E-state index in [1.54, 1.807) is 24.3 Å². The first-order valence-electron chi connectivity index (χ1n) is 8.62. The lowest BCUT2D eigenvalue weighted by Crippen LogP contribution is -2.55. The van der Waals surface area contributed by atoms with E-state index in [9.17, 15) is 9.59 Å². The molecule has 2 atom stereocenters. The number of carbonyl (C=O) groups excluding carboxylic acids is 2. The zero-order valence-corrected chi connectivity index (χ0v) is 14.8. The van der Waals surface area contributed by atoms with Crippen molar-refractivity contribution in [3.05, 3.63) is 34.9 Å². The Morgan fingerprint density at radius 1 is 1.21 bits per heavy atom. The molecule has 2 fully saturated rings. The molecule has 0 aromatic heterocycles. The van der Waals surface area contributed by atoms with Gasteiger partial charge in [0.25, 0.3) is 5.91 Å². The third-order valence-corrected chi connectivity index (χ3v) is 5.19. The molecule has 1 aromatic carbocycles. The van der Waals surface area contributed by atoms with Crippen LogP contribution in [0.25, 0.3) is 0 Å². The predicted octanol–water partition coefficient (Wildman–Crippen LogP) is 2.01. The Kier molecular flexibility index (Phi) is 5.41. The summed E-state index contributed by atoms with van der Waals surface area (Å²) in [4.78, 5) is 29.3. The van der Waals surface area contributed by atoms with E-state index in [0.29, 0.717) is 23.7 Å². The Morgan fingerprint density at radius 3 is 2.67 bits per heavy atom. The molecule has 5 nitrogen and oxygen atoms in total. The summed E-state index contributed by atoms with van der Waals surface area (Å²) in [5.41, 5.74) is 0.628. The lowest BCUT2D eigenvalue weighted by Gasteiger charge is -2.39. The Hall–Kier alpha value is -1.59. The van der Waals surface area contributed by atoms with Crippen LogP contribution in [0.15, 0.2) is 24.3 Å². The lowest BCUT2D eigenvalue weighted by molar-refractivity contribution is -0.139. The minimum Gasteiger partial charge on any atom is -0.338 e. The minimum absolute atomic E-state index is 0.0162. The molecule has 2 unspecified atom stereocenters. The van der Waals surface area contributed by atoms with Crippen molar-refractivity contribution in [2.24, 2.45) is 5.92 Å². The van der Waals surface area contributed by atoms with Gasteiger partial charge in [-0.1, -0.05) is 11.6 Å². The first-order valence-corrected chi connectivity index (χ1v) is 9.00. The van der Waals surface area contributed by atoms with Crippen molar-refractivity contribution >= 4 is 23.4 Å². The molecule has 3 rings (SSSR count). The number of piperidine rings is 1. The van der Waals surface area contributed by atoms with Crippen LogP contribution in [0.2, 0.25) is 5.02 Å². The van der Waals surface area contributed by atoms with Crippen LogP contribution in [-0.2, 0) is 4.79 Å². The van der Waals surface area contributed by atoms with Gasteiger partial charge in [-0.3, -0.25) is 9.59 Å². The van der Waals surface area contributed by atoms with Gasteiger partial charge in [-0.25, -0.2) is 0 Å². The fourth-order valence-corrected chi connectivity index (χ4v) is 3.67. The average molecular weight is 350 g/mol. The molecule has 2 aliphatic rings. The van der Waals surface area contributed by atoms with Crippen LogP contribution in [0.3, 0.4) is 0 Å². The molecule has 1 N–H and O–H groups in total. The van der Waals surface area contributed by atoms with E-state index < -0.39 is 0 Å². The molecule has 0 radical (unpaired) electrons. The summed E-state index contributed by atoms with van der Waals surface area (Å²) in [6.07, 6.45) is 1.73. The first-order chi connectivity index (χ1) is 11.6. The molecule has 24 heavy (non-hydrogen) atoms. The molecular weight excluding hydrogens is 326 g/mol. The number of hydrogen-bond acceptors (Lipinski definition) is 3. The van der Waals surface area contributed by atoms with Crippen LogP contribution < -0.4 is 5.32 Å². The standard InChI is InChI=1S/C18H24ClN3O2/c1-13-11-20-8-10-22(13)18(24)15-3-2-9-21(12-15)17(23)14-4-6-16(19)7-5-14/h4-7,13,15,20H,2-3,8-12H2,1H3. The van der Waals surface area contributed by atoms with Gasteiger partial charge >= 0.3 is 0 Å². The first kappa shape index (κ1) is 17.2. The molecule has 0 bridgehead atoms. The van der Waals surface area contributed by atoms with E-state index in [1.165, 1.54) is 0 Å². The predicted molar refractivity (Wildman–Crippen MR) is 94.1 cm³/mol. The van der Waals surface area contributed by atoms with E-state index in [1.807, 2.05) is 9.80 Å². The second kappa shape index (κ2) is 7.53. The highest BCUT2D eigenvalue weighted by atomic mass is 35.5. The number of hydrogen-bond donors (Lipinski definition) is 1. The molecule has 130 valence electrons. The Labute approximate surface area is 147 Å². The van der Waals surface area contributed by atoms with E-state index in [2.05, 4.69) is 12.2 Å². The van der Waals surface area contributed by atoms with E-state index in [-0.39, 0.29) is 23.8 Å². The number of likely N-dealkylation sites (tertiary alicyclic amines) is 1. The maximum absolute atomic E-state index is 12.9. The highest BCUT2D eigenvalue weighted by Crippen LogP contribution is 2.22. The molecule has 6 heteroatoms. The van der Waals surface area contributed by atoms with Crippen LogP contribution in [-0.4, -0.2) is 60.4 Å². The summed E-state index contributed by atoms with van der Waals surface area (Å²) in [5.74, 6) is 0.0886. The van der Waals surface area contributed by atoms with E-state index >= 15 is 0 Å². The lowest BCUT2D eigenvalue weighted by atomic mass is 9.95. The average Bonchev–Trinajstić information content (AvgIpc) is 2.62. The van der Waals surface area contributed by atoms with Gasteiger partial charge in [0.15, 0.2) is 0 Å². The zero-order valence-electron chi connectivity index (χ0n) is 14.0. The molecule has 2 heterocycles. The summed E-state index contributed by atoms with van der Waals surface area (Å²) in [7, 11) is 0. The molecular formula is C18H24ClN3O2. The monoisotopic (exact) mass is 349 g/mol. The third kappa shape index (κ3) is 3.73. The van der Waals surface area contributed by atoms with Crippen molar-refractivity contribution < 1.29 is 9.59 Å². The Bertz CT molecular complexity index is 605. The highest BCUT2D eigenvalue weighted by molar-refractivity contribution is 6.30. The Balaban J connectivity index is 1.66. The number of carbonyl (C=O) groups is 2. The molecule has 0 aliphatic carbocycles. The summed E-state index contributed by atoms with van der Waals surface area (Å²) in [5, 5.41) is 3.92. The smallest absolute Gasteiger partial charge is 0.253 e. The van der Waals surface area contributed by atoms with Gasteiger partial charge < -0.3 is 15.1 Å². The summed E-state index contributed by atoms with van der Waals surface area (Å²) >= 11 is 5.89. The third-order valence-electron chi connectivity index (χ3n) is 4.93. The summed E-state index contributed by atoms with van der Waals surface area (Å²) in [6.45, 7) is 5.73. The van der Waals surface area contributed by atoms with Gasteiger partial charge in [0.05, 0.1) is 5.92 Å². The van der Waals surface area contributed by atoms with Crippen LogP contribution in [0.4, 0.5) is 0 Å². The number of halogens is 1. The number of benzene rings is 1. The summed E-state index contributed by atoms with van der Waals surface area (Å²) < 4.78 is 0. The molecule has 0 spiro atoms. The fraction of sp³-hybridized carbons (Fsp3) is 0.556. The molecule has 1 aromatic rings. The van der Waals surface area contributed by atoms with Crippen LogP contribution in [0.1, 0.15) is 30.1 Å². The van der Waals surface area contributed by atoms with Crippen LogP contribution in [0.5, 0.6) is 0 Å². The quantitative estimate of drug-likeness (QED) is 0.888. The van der Waals surface area contributed by atoms with Crippen molar-refractivity contribution in [2.75, 3.05) is 32.7 Å². The maximum Gasteiger partial charge on any atom is 0.253 e. The van der Waals surface area contributed by atoms with Crippen molar-refractivity contribution in [1.29, 1.82) is 0 Å². The molecule has 2 saturated heterocycles. The zero-order chi connectivity index (χ0) is 17.1. The van der Waals surface area contributed by atoms with Gasteiger partial charge in [-0.15, -0.1) is 0 Å². The second-order valence-corrected chi connectivity index (χ2v) is 7.12. The van der Waals surface area contributed by atoms with Gasteiger partial charge in [0.2, 0.25) is 5.91 Å². The largest absolute Gasteiger partial charge is 0.338 e. The number of amides is 2. The number of piperazine rings is 1. The van der Waals surface area contributed by atoms with Gasteiger partial charge in [-0.05, 0) is 44.0 Å². The topological polar surface area (TPSA) is 52.7 Å². The molecule has 0 saturated carbocycles. The molecule has 2 amide bonds. The van der Waals surface area contributed by atoms with Crippen molar-refractivity contribution in [3.8, 4) is 0 Å². The molecule has 2 aliphatic heterocycles. The Morgan fingerprint density at radius 2 is 1.96 bits per heavy atom. The SMILES string of the molecule is CC1CNCCN1C(=O)C1CCCN(C(=O)c2ccc(Cl)cc2)C1. The van der Waals surface area contributed by atoms with E-state index in [0.717, 1.165) is 32.5 Å². The number of nitrogens with one attached hydrogen (secondary N) is 1. The van der Waals surface area contributed by atoms with Crippen molar-refractivity contribution in [3.63, 3.8) is 0 Å². The normalized spacial score (nSPS) is 24.8. The fourth-order valence-electron chi connectivity index (χ4n) is 3.54. The summed E-state index contributed by atoms with van der Waals surface area (Å²) in [6, 6.07) is 7.16. The highest BCUT2D eigenvalue weighted by Gasteiger charge is 2.33. The minimum atomic E-state index is -0.0875. The second-order valence-electron chi connectivity index (χ2n) is 6.68. The maximum atomic E-state index is 12.9. The van der Waals surface area contributed by atoms with Gasteiger partial charge in [-0.2, -0.15) is 0 Å². The van der Waals surface area contributed by atoms with E-state index in [4.69, 9.17) is 11.6 Å². The van der Waals surface area contributed by atoms with Crippen LogP contribution in [0, 0.1) is 5.92 Å². The van der Waals surface area contributed by atoms with Crippen molar-refractivity contribution in [1.82, 2.24) is 15.1 Å². The van der Waals surface area contributed by atoms with Crippen molar-refractivity contribution in [2.45, 2.75) is 25.8 Å². The van der Waals surface area contributed by atoms with Gasteiger partial charge in [0, 0.05) is 49.4 Å². The van der Waals surface area contributed by atoms with Crippen LogP contribution >= 0.6 is 11.6 Å². The number of rotatable bonds is 2. The van der Waals surface area contributed by atoms with Gasteiger partial charge in [0.1, 0.15) is 0 Å².